The van der Waals surface area contributed by atoms with E-state index < -0.39 is 0 Å². The lowest BCUT2D eigenvalue weighted by Crippen LogP contribution is -2.53. The van der Waals surface area contributed by atoms with E-state index in [9.17, 15) is 4.39 Å². The molecule has 0 aromatic heterocycles. The Morgan fingerprint density at radius 2 is 1.85 bits per heavy atom. The Morgan fingerprint density at radius 3 is 2.40 bits per heavy atom. The molecule has 1 aromatic rings. The molecule has 0 bridgehead atoms. The number of rotatable bonds is 2. The summed E-state index contributed by atoms with van der Waals surface area (Å²) >= 11 is 0. The smallest absolute Gasteiger partial charge is 0.127 e. The van der Waals surface area contributed by atoms with E-state index in [2.05, 4.69) is 36.6 Å². The molecule has 0 amide bonds. The normalized spacial score (nSPS) is 17.9. The van der Waals surface area contributed by atoms with Crippen LogP contribution in [0.4, 0.5) is 4.39 Å². The van der Waals surface area contributed by atoms with Gasteiger partial charge >= 0.3 is 0 Å². The zero-order valence-electron chi connectivity index (χ0n) is 12.5. The Labute approximate surface area is 120 Å². The van der Waals surface area contributed by atoms with Gasteiger partial charge in [-0.3, -0.25) is 9.80 Å². The summed E-state index contributed by atoms with van der Waals surface area (Å²) in [5, 5.41) is 8.89. The van der Waals surface area contributed by atoms with Crippen molar-refractivity contribution in [3.8, 4) is 6.07 Å². The molecule has 1 heterocycles. The van der Waals surface area contributed by atoms with Gasteiger partial charge in [0.15, 0.2) is 0 Å². The minimum absolute atomic E-state index is 0.193. The summed E-state index contributed by atoms with van der Waals surface area (Å²) in [7, 11) is 0. The van der Waals surface area contributed by atoms with Gasteiger partial charge in [-0.05, 0) is 39.0 Å². The van der Waals surface area contributed by atoms with Crippen LogP contribution >= 0.6 is 0 Å². The molecule has 1 aliphatic rings. The van der Waals surface area contributed by atoms with Crippen molar-refractivity contribution in [1.29, 1.82) is 5.26 Å². The Kier molecular flexibility index (Phi) is 4.42. The van der Waals surface area contributed by atoms with Gasteiger partial charge in [0.1, 0.15) is 5.82 Å². The maximum Gasteiger partial charge on any atom is 0.127 e. The van der Waals surface area contributed by atoms with Crippen molar-refractivity contribution in [3.05, 3.63) is 35.1 Å². The molecule has 1 aromatic carbocycles. The van der Waals surface area contributed by atoms with E-state index in [1.807, 2.05) is 0 Å². The number of piperazine rings is 1. The molecule has 3 nitrogen and oxygen atoms in total. The maximum absolute atomic E-state index is 13.8. The van der Waals surface area contributed by atoms with Crippen molar-refractivity contribution >= 4 is 0 Å². The summed E-state index contributed by atoms with van der Waals surface area (Å²) in [6.45, 7) is 11.1. The van der Waals surface area contributed by atoms with Crippen LogP contribution < -0.4 is 0 Å². The fourth-order valence-electron chi connectivity index (χ4n) is 2.58. The first-order chi connectivity index (χ1) is 9.40. The van der Waals surface area contributed by atoms with Gasteiger partial charge in [0.25, 0.3) is 0 Å². The molecule has 0 unspecified atom stereocenters. The van der Waals surface area contributed by atoms with E-state index in [1.165, 1.54) is 12.1 Å². The van der Waals surface area contributed by atoms with Gasteiger partial charge in [-0.15, -0.1) is 0 Å². The highest BCUT2D eigenvalue weighted by Gasteiger charge is 2.26. The van der Waals surface area contributed by atoms with Crippen molar-refractivity contribution in [2.45, 2.75) is 32.9 Å². The molecule has 20 heavy (non-hydrogen) atoms. The Balaban J connectivity index is 1.98. The van der Waals surface area contributed by atoms with Gasteiger partial charge in [-0.1, -0.05) is 0 Å². The van der Waals surface area contributed by atoms with Crippen LogP contribution in [0.3, 0.4) is 0 Å². The van der Waals surface area contributed by atoms with Crippen LogP contribution in [-0.2, 0) is 6.54 Å². The molecule has 1 aliphatic heterocycles. The van der Waals surface area contributed by atoms with Crippen molar-refractivity contribution < 1.29 is 4.39 Å². The van der Waals surface area contributed by atoms with Crippen molar-refractivity contribution in [2.24, 2.45) is 0 Å². The van der Waals surface area contributed by atoms with Crippen molar-refractivity contribution in [2.75, 3.05) is 26.2 Å². The fraction of sp³-hybridized carbons (Fsp3) is 0.562. The summed E-state index contributed by atoms with van der Waals surface area (Å²) in [4.78, 5) is 4.70. The molecule has 0 atom stereocenters. The SMILES string of the molecule is CC(C)(C)N1CCN(Cc2cc(C#N)ccc2F)CC1. The zero-order valence-corrected chi connectivity index (χ0v) is 12.5. The van der Waals surface area contributed by atoms with E-state index in [4.69, 9.17) is 5.26 Å². The number of hydrogen-bond donors (Lipinski definition) is 0. The van der Waals surface area contributed by atoms with E-state index >= 15 is 0 Å². The van der Waals surface area contributed by atoms with E-state index in [0.717, 1.165) is 26.2 Å². The molecular weight excluding hydrogens is 253 g/mol. The first kappa shape index (κ1) is 15.0. The third-order valence-corrected chi connectivity index (χ3v) is 3.89. The van der Waals surface area contributed by atoms with Gasteiger partial charge in [-0.2, -0.15) is 5.26 Å². The standard InChI is InChI=1S/C16H22FN3/c1-16(2,3)20-8-6-19(7-9-20)12-14-10-13(11-18)4-5-15(14)17/h4-5,10H,6-9,12H2,1-3H3. The summed E-state index contributed by atoms with van der Waals surface area (Å²) in [5.74, 6) is -0.220. The van der Waals surface area contributed by atoms with Gasteiger partial charge in [0.2, 0.25) is 0 Å². The molecule has 0 aliphatic carbocycles. The van der Waals surface area contributed by atoms with Crippen LogP contribution in [0.5, 0.6) is 0 Å². The van der Waals surface area contributed by atoms with Gasteiger partial charge in [0, 0.05) is 43.8 Å². The Bertz CT molecular complexity index is 505. The topological polar surface area (TPSA) is 30.3 Å². The lowest BCUT2D eigenvalue weighted by atomic mass is 10.0. The lowest BCUT2D eigenvalue weighted by Gasteiger charge is -2.42. The number of nitrogens with zero attached hydrogens (tertiary/aromatic N) is 3. The largest absolute Gasteiger partial charge is 0.296 e. The highest BCUT2D eigenvalue weighted by molar-refractivity contribution is 5.33. The van der Waals surface area contributed by atoms with Crippen LogP contribution in [-0.4, -0.2) is 41.5 Å². The first-order valence-corrected chi connectivity index (χ1v) is 7.06. The number of nitriles is 1. The Hall–Kier alpha value is -1.44. The predicted molar refractivity (Wildman–Crippen MR) is 77.7 cm³/mol. The van der Waals surface area contributed by atoms with E-state index in [-0.39, 0.29) is 11.4 Å². The third-order valence-electron chi connectivity index (χ3n) is 3.89. The molecule has 1 saturated heterocycles. The molecular formula is C16H22FN3. The summed E-state index contributed by atoms with van der Waals surface area (Å²) in [6.07, 6.45) is 0. The molecule has 2 rings (SSSR count). The zero-order chi connectivity index (χ0) is 14.8. The van der Waals surface area contributed by atoms with Crippen LogP contribution in [0, 0.1) is 17.1 Å². The second-order valence-electron chi connectivity index (χ2n) is 6.35. The number of benzene rings is 1. The molecule has 1 fully saturated rings. The highest BCUT2D eigenvalue weighted by atomic mass is 19.1. The lowest BCUT2D eigenvalue weighted by molar-refractivity contribution is 0.0586. The average molecular weight is 275 g/mol. The minimum Gasteiger partial charge on any atom is -0.296 e. The van der Waals surface area contributed by atoms with Crippen molar-refractivity contribution in [1.82, 2.24) is 9.80 Å². The van der Waals surface area contributed by atoms with Gasteiger partial charge in [0.05, 0.1) is 11.6 Å². The molecule has 0 spiro atoms. The number of hydrogen-bond acceptors (Lipinski definition) is 3. The van der Waals surface area contributed by atoms with Crippen LogP contribution in [0.15, 0.2) is 18.2 Å². The second kappa shape index (κ2) is 5.90. The summed E-state index contributed by atoms with van der Waals surface area (Å²) < 4.78 is 13.8. The van der Waals surface area contributed by atoms with E-state index in [0.29, 0.717) is 17.7 Å². The minimum atomic E-state index is -0.220. The molecule has 0 N–H and O–H groups in total. The van der Waals surface area contributed by atoms with Crippen LogP contribution in [0.2, 0.25) is 0 Å². The Morgan fingerprint density at radius 1 is 1.20 bits per heavy atom. The molecule has 0 radical (unpaired) electrons. The first-order valence-electron chi connectivity index (χ1n) is 7.06. The molecule has 0 saturated carbocycles. The van der Waals surface area contributed by atoms with Gasteiger partial charge in [-0.25, -0.2) is 4.39 Å². The summed E-state index contributed by atoms with van der Waals surface area (Å²) in [5.41, 5.74) is 1.33. The van der Waals surface area contributed by atoms with Gasteiger partial charge < -0.3 is 0 Å². The summed E-state index contributed by atoms with van der Waals surface area (Å²) in [6, 6.07) is 6.64. The molecule has 4 heteroatoms. The number of halogens is 1. The highest BCUT2D eigenvalue weighted by Crippen LogP contribution is 2.18. The quantitative estimate of drug-likeness (QED) is 0.831. The van der Waals surface area contributed by atoms with Crippen molar-refractivity contribution in [3.63, 3.8) is 0 Å². The fourth-order valence-corrected chi connectivity index (χ4v) is 2.58. The maximum atomic E-state index is 13.8. The average Bonchev–Trinajstić information content (AvgIpc) is 2.41. The monoisotopic (exact) mass is 275 g/mol. The van der Waals surface area contributed by atoms with E-state index in [1.54, 1.807) is 6.07 Å². The third kappa shape index (κ3) is 3.56. The molecule has 108 valence electrons. The van der Waals surface area contributed by atoms with Crippen LogP contribution in [0.1, 0.15) is 31.9 Å². The second-order valence-corrected chi connectivity index (χ2v) is 6.35. The van der Waals surface area contributed by atoms with Crippen LogP contribution in [0.25, 0.3) is 0 Å². The predicted octanol–water partition coefficient (Wildman–Crippen LogP) is 2.61.